The number of rotatable bonds is 7. The van der Waals surface area contributed by atoms with Gasteiger partial charge in [0.15, 0.2) is 0 Å². The molecular weight excluding hydrogens is 164 g/mol. The lowest BCUT2D eigenvalue weighted by atomic mass is 10.7. The summed E-state index contributed by atoms with van der Waals surface area (Å²) >= 11 is 0. The van der Waals surface area contributed by atoms with Crippen molar-refractivity contribution in [3.63, 3.8) is 0 Å². The van der Waals surface area contributed by atoms with Crippen LogP contribution >= 0.6 is 0 Å². The molecule has 0 aliphatic rings. The molecule has 0 rings (SSSR count). The van der Waals surface area contributed by atoms with Crippen LogP contribution in [0, 0.1) is 0 Å². The van der Waals surface area contributed by atoms with Gasteiger partial charge in [-0.2, -0.15) is 0 Å². The van der Waals surface area contributed by atoms with Crippen molar-refractivity contribution >= 4 is 12.3 Å². The minimum Gasteiger partial charge on any atom is -0.458 e. The van der Waals surface area contributed by atoms with Crippen LogP contribution in [-0.4, -0.2) is 45.8 Å². The summed E-state index contributed by atoms with van der Waals surface area (Å²) in [6.45, 7) is 1.33. The van der Waals surface area contributed by atoms with Gasteiger partial charge < -0.3 is 14.2 Å². The van der Waals surface area contributed by atoms with E-state index in [9.17, 15) is 9.59 Å². The molecule has 0 amide bonds. The summed E-state index contributed by atoms with van der Waals surface area (Å²) in [5.41, 5.74) is 0. The van der Waals surface area contributed by atoms with E-state index in [4.69, 9.17) is 9.47 Å². The largest absolute Gasteiger partial charge is 0.458 e. The number of aldehydes is 1. The number of carbonyl (C=O) groups excluding carboxylic acids is 2. The third kappa shape index (κ3) is 7.17. The van der Waals surface area contributed by atoms with Gasteiger partial charge in [0.25, 0.3) is 0 Å². The first-order valence-corrected chi connectivity index (χ1v) is 3.50. The van der Waals surface area contributed by atoms with E-state index in [1.807, 2.05) is 0 Å². The summed E-state index contributed by atoms with van der Waals surface area (Å²) < 4.78 is 14.1. The van der Waals surface area contributed by atoms with Crippen LogP contribution in [-0.2, 0) is 23.8 Å². The SMILES string of the molecule is COCCOCCOC(=O)C=O. The van der Waals surface area contributed by atoms with Gasteiger partial charge in [-0.25, -0.2) is 4.79 Å². The highest BCUT2D eigenvalue weighted by atomic mass is 16.6. The smallest absolute Gasteiger partial charge is 0.371 e. The Hall–Kier alpha value is -0.940. The number of ether oxygens (including phenoxy) is 3. The first-order chi connectivity index (χ1) is 5.81. The minimum atomic E-state index is -0.870. The van der Waals surface area contributed by atoms with Crippen molar-refractivity contribution in [3.8, 4) is 0 Å². The van der Waals surface area contributed by atoms with Crippen LogP contribution in [0.5, 0.6) is 0 Å². The third-order valence-corrected chi connectivity index (χ3v) is 1.00. The maximum Gasteiger partial charge on any atom is 0.371 e. The molecule has 70 valence electrons. The number of hydrogen-bond donors (Lipinski definition) is 0. The van der Waals surface area contributed by atoms with Crippen LogP contribution in [0.2, 0.25) is 0 Å². The van der Waals surface area contributed by atoms with Crippen molar-refractivity contribution in [2.24, 2.45) is 0 Å². The number of hydrogen-bond acceptors (Lipinski definition) is 5. The summed E-state index contributed by atoms with van der Waals surface area (Å²) in [5.74, 6) is -0.870. The number of esters is 1. The molecule has 0 aromatic rings. The summed E-state index contributed by atoms with van der Waals surface area (Å²) in [7, 11) is 1.57. The molecule has 0 spiro atoms. The first kappa shape index (κ1) is 11.1. The fraction of sp³-hybridized carbons (Fsp3) is 0.714. The lowest BCUT2D eigenvalue weighted by Crippen LogP contribution is -2.12. The van der Waals surface area contributed by atoms with Crippen LogP contribution in [0.3, 0.4) is 0 Å². The molecule has 0 aromatic carbocycles. The highest BCUT2D eigenvalue weighted by Crippen LogP contribution is 1.79. The molecule has 0 aliphatic carbocycles. The Labute approximate surface area is 70.6 Å². The zero-order chi connectivity index (χ0) is 9.23. The van der Waals surface area contributed by atoms with Gasteiger partial charge >= 0.3 is 5.97 Å². The van der Waals surface area contributed by atoms with Gasteiger partial charge in [-0.1, -0.05) is 0 Å². The van der Waals surface area contributed by atoms with Crippen molar-refractivity contribution in [2.45, 2.75) is 0 Å². The Kier molecular flexibility index (Phi) is 7.52. The lowest BCUT2D eigenvalue weighted by molar-refractivity contribution is -0.149. The van der Waals surface area contributed by atoms with Gasteiger partial charge in [-0.05, 0) is 0 Å². The molecule has 0 saturated carbocycles. The summed E-state index contributed by atoms with van der Waals surface area (Å²) in [5, 5.41) is 0. The van der Waals surface area contributed by atoms with Gasteiger partial charge in [0.2, 0.25) is 6.29 Å². The third-order valence-electron chi connectivity index (χ3n) is 1.00. The normalized spacial score (nSPS) is 9.42. The van der Waals surface area contributed by atoms with Gasteiger partial charge in [0.05, 0.1) is 19.8 Å². The van der Waals surface area contributed by atoms with E-state index in [0.717, 1.165) is 0 Å². The monoisotopic (exact) mass is 176 g/mol. The lowest BCUT2D eigenvalue weighted by Gasteiger charge is -2.02. The predicted molar refractivity (Wildman–Crippen MR) is 39.7 cm³/mol. The standard InChI is InChI=1S/C7H12O5/c1-10-2-3-11-4-5-12-7(9)6-8/h6H,2-5H2,1H3. The molecule has 0 saturated heterocycles. The highest BCUT2D eigenvalue weighted by Gasteiger charge is 1.97. The van der Waals surface area contributed by atoms with Crippen molar-refractivity contribution in [1.29, 1.82) is 0 Å². The number of carbonyl (C=O) groups is 2. The van der Waals surface area contributed by atoms with Crippen molar-refractivity contribution in [3.05, 3.63) is 0 Å². The number of methoxy groups -OCH3 is 1. The predicted octanol–water partition coefficient (Wildman–Crippen LogP) is -0.608. The molecule has 0 heterocycles. The van der Waals surface area contributed by atoms with E-state index in [0.29, 0.717) is 13.2 Å². The van der Waals surface area contributed by atoms with E-state index < -0.39 is 5.97 Å². The average molecular weight is 176 g/mol. The summed E-state index contributed by atoms with van der Waals surface area (Å²) in [6, 6.07) is 0. The summed E-state index contributed by atoms with van der Waals surface area (Å²) in [6.07, 6.45) is 0.120. The Balaban J connectivity index is 3.00. The molecule has 0 atom stereocenters. The Morgan fingerprint density at radius 3 is 2.50 bits per heavy atom. The molecule has 12 heavy (non-hydrogen) atoms. The zero-order valence-electron chi connectivity index (χ0n) is 6.95. The fourth-order valence-corrected chi connectivity index (χ4v) is 0.480. The molecular formula is C7H12O5. The highest BCUT2D eigenvalue weighted by molar-refractivity contribution is 6.20. The van der Waals surface area contributed by atoms with Gasteiger partial charge in [0, 0.05) is 7.11 Å². The molecule has 0 unspecified atom stereocenters. The second-order valence-corrected chi connectivity index (χ2v) is 1.89. The van der Waals surface area contributed by atoms with Crippen molar-refractivity contribution in [2.75, 3.05) is 33.5 Å². The average Bonchev–Trinajstić information content (AvgIpc) is 2.10. The van der Waals surface area contributed by atoms with Gasteiger partial charge in [-0.15, -0.1) is 0 Å². The second-order valence-electron chi connectivity index (χ2n) is 1.89. The van der Waals surface area contributed by atoms with E-state index in [-0.39, 0.29) is 19.5 Å². The fourth-order valence-electron chi connectivity index (χ4n) is 0.480. The van der Waals surface area contributed by atoms with E-state index in [1.54, 1.807) is 7.11 Å². The molecule has 0 bridgehead atoms. The zero-order valence-corrected chi connectivity index (χ0v) is 6.95. The van der Waals surface area contributed by atoms with Crippen LogP contribution < -0.4 is 0 Å². The molecule has 0 radical (unpaired) electrons. The maximum absolute atomic E-state index is 10.2. The van der Waals surface area contributed by atoms with Crippen LogP contribution in [0.15, 0.2) is 0 Å². The second kappa shape index (κ2) is 8.16. The van der Waals surface area contributed by atoms with Gasteiger partial charge in [0.1, 0.15) is 6.61 Å². The van der Waals surface area contributed by atoms with Crippen LogP contribution in [0.1, 0.15) is 0 Å². The van der Waals surface area contributed by atoms with Crippen LogP contribution in [0.4, 0.5) is 0 Å². The van der Waals surface area contributed by atoms with Gasteiger partial charge in [-0.3, -0.25) is 4.79 Å². The summed E-state index contributed by atoms with van der Waals surface area (Å²) in [4.78, 5) is 20.0. The first-order valence-electron chi connectivity index (χ1n) is 3.50. The molecule has 5 heteroatoms. The molecule has 0 fully saturated rings. The van der Waals surface area contributed by atoms with Crippen molar-refractivity contribution in [1.82, 2.24) is 0 Å². The topological polar surface area (TPSA) is 61.8 Å². The Morgan fingerprint density at radius 1 is 1.25 bits per heavy atom. The molecule has 0 N–H and O–H groups in total. The van der Waals surface area contributed by atoms with Crippen LogP contribution in [0.25, 0.3) is 0 Å². The van der Waals surface area contributed by atoms with E-state index in [1.165, 1.54) is 0 Å². The van der Waals surface area contributed by atoms with E-state index >= 15 is 0 Å². The Morgan fingerprint density at radius 2 is 1.92 bits per heavy atom. The van der Waals surface area contributed by atoms with Crippen molar-refractivity contribution < 1.29 is 23.8 Å². The van der Waals surface area contributed by atoms with E-state index in [2.05, 4.69) is 4.74 Å². The Bertz CT molecular complexity index is 134. The molecule has 0 aromatic heterocycles. The quantitative estimate of drug-likeness (QED) is 0.224. The minimum absolute atomic E-state index is 0.0985. The molecule has 0 aliphatic heterocycles. The maximum atomic E-state index is 10.2. The molecule has 5 nitrogen and oxygen atoms in total.